The summed E-state index contributed by atoms with van der Waals surface area (Å²) in [6.07, 6.45) is 3.47. The number of aromatic nitrogens is 2. The molecule has 12 heavy (non-hydrogen) atoms. The highest BCUT2D eigenvalue weighted by molar-refractivity contribution is 5.24. The molecule has 0 saturated carbocycles. The van der Waals surface area contributed by atoms with Crippen molar-refractivity contribution in [3.8, 4) is 5.88 Å². The van der Waals surface area contributed by atoms with Crippen LogP contribution < -0.4 is 10.5 Å². The Morgan fingerprint density at radius 2 is 2.25 bits per heavy atom. The predicted molar refractivity (Wildman–Crippen MR) is 43.6 cm³/mol. The summed E-state index contributed by atoms with van der Waals surface area (Å²) in [5.74, 6) is 0.794. The number of nitrogen functional groups attached to an aromatic ring is 1. The van der Waals surface area contributed by atoms with Crippen LogP contribution >= 0.6 is 0 Å². The second-order valence-corrected chi connectivity index (χ2v) is 2.21. The Balaban J connectivity index is 2.37. The van der Waals surface area contributed by atoms with Gasteiger partial charge in [0, 0.05) is 13.0 Å². The zero-order valence-electron chi connectivity index (χ0n) is 6.60. The van der Waals surface area contributed by atoms with Crippen molar-refractivity contribution < 1.29 is 9.84 Å². The molecule has 3 N–H and O–H groups in total. The number of ether oxygens (including phenoxy) is 1. The van der Waals surface area contributed by atoms with E-state index in [1.165, 1.54) is 12.4 Å². The van der Waals surface area contributed by atoms with Gasteiger partial charge in [-0.05, 0) is 0 Å². The van der Waals surface area contributed by atoms with Crippen LogP contribution in [0.3, 0.4) is 0 Å². The number of nitrogens with two attached hydrogens (primary N) is 1. The number of aliphatic hydroxyl groups is 1. The van der Waals surface area contributed by atoms with E-state index in [9.17, 15) is 0 Å². The van der Waals surface area contributed by atoms with Crippen molar-refractivity contribution in [1.29, 1.82) is 0 Å². The van der Waals surface area contributed by atoms with E-state index >= 15 is 0 Å². The SMILES string of the molecule is Nc1cnc(OCCCO)cn1. The molecule has 0 aliphatic heterocycles. The van der Waals surface area contributed by atoms with Crippen LogP contribution in [0.2, 0.25) is 0 Å². The minimum absolute atomic E-state index is 0.113. The van der Waals surface area contributed by atoms with Gasteiger partial charge < -0.3 is 15.6 Å². The van der Waals surface area contributed by atoms with Gasteiger partial charge in [-0.15, -0.1) is 0 Å². The van der Waals surface area contributed by atoms with Gasteiger partial charge in [0.05, 0.1) is 19.0 Å². The van der Waals surface area contributed by atoms with Crippen LogP contribution in [-0.4, -0.2) is 28.3 Å². The highest BCUT2D eigenvalue weighted by atomic mass is 16.5. The monoisotopic (exact) mass is 169 g/mol. The lowest BCUT2D eigenvalue weighted by Gasteiger charge is -2.02. The molecule has 5 heteroatoms. The average molecular weight is 169 g/mol. The summed E-state index contributed by atoms with van der Waals surface area (Å²) in [4.78, 5) is 7.64. The van der Waals surface area contributed by atoms with Gasteiger partial charge in [0.2, 0.25) is 5.88 Å². The van der Waals surface area contributed by atoms with Crippen LogP contribution in [0.5, 0.6) is 5.88 Å². The maximum Gasteiger partial charge on any atom is 0.232 e. The Morgan fingerprint density at radius 3 is 2.83 bits per heavy atom. The van der Waals surface area contributed by atoms with Crippen molar-refractivity contribution >= 4 is 5.82 Å². The molecule has 0 aliphatic rings. The summed E-state index contributed by atoms with van der Waals surface area (Å²) in [6.45, 7) is 0.553. The minimum atomic E-state index is 0.113. The van der Waals surface area contributed by atoms with Gasteiger partial charge in [0.15, 0.2) is 0 Å². The lowest BCUT2D eigenvalue weighted by Crippen LogP contribution is -2.02. The van der Waals surface area contributed by atoms with E-state index in [0.717, 1.165) is 0 Å². The van der Waals surface area contributed by atoms with Gasteiger partial charge >= 0.3 is 0 Å². The molecule has 0 aliphatic carbocycles. The van der Waals surface area contributed by atoms with E-state index in [-0.39, 0.29) is 6.61 Å². The molecular formula is C7H11N3O2. The molecule has 0 aromatic carbocycles. The molecule has 0 spiro atoms. The Labute approximate surface area is 70.2 Å². The molecule has 0 amide bonds. The second-order valence-electron chi connectivity index (χ2n) is 2.21. The number of hydrogen-bond acceptors (Lipinski definition) is 5. The van der Waals surface area contributed by atoms with Crippen molar-refractivity contribution in [3.63, 3.8) is 0 Å². The van der Waals surface area contributed by atoms with Crippen LogP contribution in [0.15, 0.2) is 12.4 Å². The molecule has 5 nitrogen and oxygen atoms in total. The minimum Gasteiger partial charge on any atom is -0.476 e. The first kappa shape index (κ1) is 8.73. The molecule has 0 atom stereocenters. The zero-order valence-corrected chi connectivity index (χ0v) is 6.60. The van der Waals surface area contributed by atoms with Gasteiger partial charge in [-0.2, -0.15) is 0 Å². The number of rotatable bonds is 4. The molecule has 1 aromatic heterocycles. The molecule has 1 heterocycles. The topological polar surface area (TPSA) is 81.3 Å². The lowest BCUT2D eigenvalue weighted by atomic mass is 10.5. The van der Waals surface area contributed by atoms with Crippen LogP contribution in [0, 0.1) is 0 Å². The summed E-state index contributed by atoms with van der Waals surface area (Å²) in [7, 11) is 0. The van der Waals surface area contributed by atoms with Crippen LogP contribution in [0.1, 0.15) is 6.42 Å². The Hall–Kier alpha value is -1.36. The Morgan fingerprint density at radius 1 is 1.42 bits per heavy atom. The zero-order chi connectivity index (χ0) is 8.81. The quantitative estimate of drug-likeness (QED) is 0.611. The van der Waals surface area contributed by atoms with Crippen LogP contribution in [0.25, 0.3) is 0 Å². The fraction of sp³-hybridized carbons (Fsp3) is 0.429. The second kappa shape index (κ2) is 4.50. The molecule has 0 radical (unpaired) electrons. The first-order valence-corrected chi connectivity index (χ1v) is 3.64. The summed E-state index contributed by atoms with van der Waals surface area (Å²) >= 11 is 0. The van der Waals surface area contributed by atoms with Gasteiger partial charge in [-0.25, -0.2) is 9.97 Å². The first-order chi connectivity index (χ1) is 5.83. The molecule has 0 fully saturated rings. The molecule has 0 unspecified atom stereocenters. The van der Waals surface area contributed by atoms with Crippen molar-refractivity contribution in [2.24, 2.45) is 0 Å². The van der Waals surface area contributed by atoms with Crippen LogP contribution in [-0.2, 0) is 0 Å². The lowest BCUT2D eigenvalue weighted by molar-refractivity contribution is 0.229. The molecular weight excluding hydrogens is 158 g/mol. The average Bonchev–Trinajstić information content (AvgIpc) is 2.09. The summed E-state index contributed by atoms with van der Waals surface area (Å²) in [5.41, 5.74) is 5.31. The molecule has 1 rings (SSSR count). The number of aliphatic hydroxyl groups excluding tert-OH is 1. The highest BCUT2D eigenvalue weighted by Gasteiger charge is 1.94. The van der Waals surface area contributed by atoms with Crippen molar-refractivity contribution in [2.45, 2.75) is 6.42 Å². The molecule has 0 bridgehead atoms. The van der Waals surface area contributed by atoms with E-state index in [1.54, 1.807) is 0 Å². The number of anilines is 1. The molecule has 0 saturated heterocycles. The van der Waals surface area contributed by atoms with Gasteiger partial charge in [-0.1, -0.05) is 0 Å². The van der Waals surface area contributed by atoms with Gasteiger partial charge in [0.25, 0.3) is 0 Å². The van der Waals surface area contributed by atoms with Crippen LogP contribution in [0.4, 0.5) is 5.82 Å². The van der Waals surface area contributed by atoms with Gasteiger partial charge in [-0.3, -0.25) is 0 Å². The van der Waals surface area contributed by atoms with E-state index in [2.05, 4.69) is 9.97 Å². The smallest absolute Gasteiger partial charge is 0.232 e. The molecule has 1 aromatic rings. The maximum absolute atomic E-state index is 8.45. The van der Waals surface area contributed by atoms with Crippen molar-refractivity contribution in [3.05, 3.63) is 12.4 Å². The largest absolute Gasteiger partial charge is 0.476 e. The fourth-order valence-electron chi connectivity index (χ4n) is 0.642. The predicted octanol–water partition coefficient (Wildman–Crippen LogP) is -0.180. The van der Waals surface area contributed by atoms with E-state index in [4.69, 9.17) is 15.6 Å². The maximum atomic E-state index is 8.45. The molecule has 66 valence electrons. The fourth-order valence-corrected chi connectivity index (χ4v) is 0.642. The first-order valence-electron chi connectivity index (χ1n) is 3.64. The third-order valence-corrected chi connectivity index (χ3v) is 1.20. The Kier molecular flexibility index (Phi) is 3.28. The summed E-state index contributed by atoms with van der Waals surface area (Å²) in [6, 6.07) is 0. The summed E-state index contributed by atoms with van der Waals surface area (Å²) in [5, 5.41) is 8.45. The van der Waals surface area contributed by atoms with E-state index in [0.29, 0.717) is 24.7 Å². The van der Waals surface area contributed by atoms with Crippen molar-refractivity contribution in [2.75, 3.05) is 18.9 Å². The number of nitrogens with zero attached hydrogens (tertiary/aromatic N) is 2. The summed E-state index contributed by atoms with van der Waals surface area (Å²) < 4.78 is 5.11. The third-order valence-electron chi connectivity index (χ3n) is 1.20. The van der Waals surface area contributed by atoms with E-state index in [1.807, 2.05) is 0 Å². The standard InChI is InChI=1S/C7H11N3O2/c8-6-4-10-7(5-9-6)12-3-1-2-11/h4-5,11H,1-3H2,(H2,8,9). The van der Waals surface area contributed by atoms with E-state index < -0.39 is 0 Å². The van der Waals surface area contributed by atoms with Gasteiger partial charge in [0.1, 0.15) is 5.82 Å². The third kappa shape index (κ3) is 2.71. The van der Waals surface area contributed by atoms with Crippen molar-refractivity contribution in [1.82, 2.24) is 9.97 Å². The Bertz CT molecular complexity index is 225. The highest BCUT2D eigenvalue weighted by Crippen LogP contribution is 2.04. The normalized spacial score (nSPS) is 9.75. The number of hydrogen-bond donors (Lipinski definition) is 2.